The van der Waals surface area contributed by atoms with E-state index in [1.807, 2.05) is 0 Å². The summed E-state index contributed by atoms with van der Waals surface area (Å²) in [6.45, 7) is 15.4. The van der Waals surface area contributed by atoms with Crippen LogP contribution >= 0.6 is 0 Å². The zero-order chi connectivity index (χ0) is 17.7. The van der Waals surface area contributed by atoms with E-state index < -0.39 is 0 Å². The fourth-order valence-electron chi connectivity index (χ4n) is 3.39. The van der Waals surface area contributed by atoms with Gasteiger partial charge in [-0.1, -0.05) is 55.5 Å². The van der Waals surface area contributed by atoms with Crippen LogP contribution in [0.3, 0.4) is 0 Å². The highest BCUT2D eigenvalue weighted by Gasteiger charge is 2.13. The van der Waals surface area contributed by atoms with Crippen LogP contribution < -0.4 is 0 Å². The van der Waals surface area contributed by atoms with Gasteiger partial charge in [-0.05, 0) is 86.8 Å². The van der Waals surface area contributed by atoms with Gasteiger partial charge in [0.1, 0.15) is 0 Å². The number of hydrogen-bond acceptors (Lipinski definition) is 0. The van der Waals surface area contributed by atoms with E-state index in [1.54, 1.807) is 0 Å². The summed E-state index contributed by atoms with van der Waals surface area (Å²) in [7, 11) is 0. The van der Waals surface area contributed by atoms with Gasteiger partial charge in [-0.2, -0.15) is 0 Å². The second-order valence-corrected chi connectivity index (χ2v) is 7.23. The van der Waals surface area contributed by atoms with Crippen LogP contribution in [0.2, 0.25) is 0 Å². The van der Waals surface area contributed by atoms with Crippen molar-refractivity contribution in [3.8, 4) is 0 Å². The lowest BCUT2D eigenvalue weighted by atomic mass is 9.85. The van der Waals surface area contributed by atoms with Crippen LogP contribution in [0.1, 0.15) is 65.5 Å². The Morgan fingerprint density at radius 2 is 1.50 bits per heavy atom. The topological polar surface area (TPSA) is 0 Å². The number of rotatable bonds is 7. The molecule has 0 bridgehead atoms. The summed E-state index contributed by atoms with van der Waals surface area (Å²) in [5.41, 5.74) is 9.78. The molecule has 0 aliphatic rings. The van der Waals surface area contributed by atoms with Gasteiger partial charge in [0.15, 0.2) is 0 Å². The van der Waals surface area contributed by atoms with E-state index in [1.165, 1.54) is 45.4 Å². The summed E-state index contributed by atoms with van der Waals surface area (Å²) in [4.78, 5) is 0. The highest BCUT2D eigenvalue weighted by molar-refractivity contribution is 5.35. The molecular formula is C24H32. The summed E-state index contributed by atoms with van der Waals surface area (Å²) in [6.07, 6.45) is 4.56. The van der Waals surface area contributed by atoms with Gasteiger partial charge >= 0.3 is 0 Å². The molecule has 24 heavy (non-hydrogen) atoms. The van der Waals surface area contributed by atoms with Crippen LogP contribution in [0.5, 0.6) is 0 Å². The lowest BCUT2D eigenvalue weighted by Gasteiger charge is -2.20. The van der Waals surface area contributed by atoms with E-state index in [4.69, 9.17) is 0 Å². The number of allylic oxidation sites excluding steroid dienone is 1. The fraction of sp³-hybridized carbons (Fsp3) is 0.417. The fourth-order valence-corrected chi connectivity index (χ4v) is 3.39. The quantitative estimate of drug-likeness (QED) is 0.482. The monoisotopic (exact) mass is 320 g/mol. The van der Waals surface area contributed by atoms with Crippen molar-refractivity contribution in [1.29, 1.82) is 0 Å². The van der Waals surface area contributed by atoms with Gasteiger partial charge in [0.25, 0.3) is 0 Å². The van der Waals surface area contributed by atoms with Crippen molar-refractivity contribution < 1.29 is 0 Å². The van der Waals surface area contributed by atoms with Gasteiger partial charge in [0.05, 0.1) is 0 Å². The first kappa shape index (κ1) is 18.5. The second kappa shape index (κ2) is 8.33. The maximum absolute atomic E-state index is 4.42. The summed E-state index contributed by atoms with van der Waals surface area (Å²) in [6, 6.07) is 13.7. The highest BCUT2D eigenvalue weighted by atomic mass is 14.2. The average molecular weight is 321 g/mol. The summed E-state index contributed by atoms with van der Waals surface area (Å²) in [5.74, 6) is 0.490. The molecule has 0 saturated carbocycles. The highest BCUT2D eigenvalue weighted by Crippen LogP contribution is 2.31. The minimum atomic E-state index is 0.490. The molecule has 2 aromatic rings. The molecule has 1 atom stereocenters. The first-order chi connectivity index (χ1) is 11.4. The Bertz CT molecular complexity index is 706. The Kier molecular flexibility index (Phi) is 6.43. The summed E-state index contributed by atoms with van der Waals surface area (Å²) in [5, 5.41) is 0. The maximum Gasteiger partial charge on any atom is 0.00429 e. The third-order valence-electron chi connectivity index (χ3n) is 5.37. The van der Waals surface area contributed by atoms with Crippen LogP contribution in [0, 0.1) is 27.7 Å². The zero-order valence-corrected chi connectivity index (χ0v) is 16.1. The Morgan fingerprint density at radius 1 is 0.875 bits per heavy atom. The normalized spacial score (nSPS) is 12.2. The predicted molar refractivity (Wildman–Crippen MR) is 107 cm³/mol. The molecule has 0 fully saturated rings. The Morgan fingerprint density at radius 3 is 2.08 bits per heavy atom. The molecule has 0 spiro atoms. The van der Waals surface area contributed by atoms with E-state index in [2.05, 4.69) is 77.6 Å². The molecular weight excluding hydrogens is 288 g/mol. The molecule has 2 rings (SSSR count). The van der Waals surface area contributed by atoms with Crippen molar-refractivity contribution in [3.05, 3.63) is 81.9 Å². The molecule has 2 aromatic carbocycles. The van der Waals surface area contributed by atoms with Gasteiger partial charge in [-0.25, -0.2) is 0 Å². The van der Waals surface area contributed by atoms with Crippen molar-refractivity contribution in [2.75, 3.05) is 0 Å². The predicted octanol–water partition coefficient (Wildman–Crippen LogP) is 6.99. The van der Waals surface area contributed by atoms with Gasteiger partial charge in [0, 0.05) is 5.92 Å². The first-order valence-electron chi connectivity index (χ1n) is 9.23. The van der Waals surface area contributed by atoms with E-state index >= 15 is 0 Å². The van der Waals surface area contributed by atoms with Crippen LogP contribution in [-0.2, 0) is 6.42 Å². The standard InChI is InChI=1S/C24H32/c1-7-24(23-14-12-18(3)21(6)16-23)19(4)9-8-10-22-13-11-17(2)20(5)15-22/h11-16,24H,4,7-10H2,1-3,5-6H3. The Labute approximate surface area is 148 Å². The molecule has 0 N–H and O–H groups in total. The van der Waals surface area contributed by atoms with Crippen molar-refractivity contribution >= 4 is 0 Å². The molecule has 128 valence electrons. The molecule has 0 radical (unpaired) electrons. The van der Waals surface area contributed by atoms with Crippen LogP contribution in [0.15, 0.2) is 48.6 Å². The minimum absolute atomic E-state index is 0.490. The lowest BCUT2D eigenvalue weighted by Crippen LogP contribution is -2.02. The first-order valence-corrected chi connectivity index (χ1v) is 9.23. The molecule has 0 aromatic heterocycles. The minimum Gasteiger partial charge on any atom is -0.0992 e. The van der Waals surface area contributed by atoms with Crippen molar-refractivity contribution in [2.45, 2.75) is 66.2 Å². The molecule has 0 nitrogen and oxygen atoms in total. The second-order valence-electron chi connectivity index (χ2n) is 7.23. The molecule has 0 amide bonds. The van der Waals surface area contributed by atoms with Gasteiger partial charge in [-0.3, -0.25) is 0 Å². The van der Waals surface area contributed by atoms with Crippen LogP contribution in [0.4, 0.5) is 0 Å². The van der Waals surface area contributed by atoms with Crippen molar-refractivity contribution in [2.24, 2.45) is 0 Å². The van der Waals surface area contributed by atoms with E-state index in [0.29, 0.717) is 5.92 Å². The Balaban J connectivity index is 1.96. The molecule has 0 aliphatic carbocycles. The van der Waals surface area contributed by atoms with E-state index in [0.717, 1.165) is 19.3 Å². The number of aryl methyl sites for hydroxylation is 5. The third-order valence-corrected chi connectivity index (χ3v) is 5.37. The molecule has 0 aliphatic heterocycles. The maximum atomic E-state index is 4.42. The zero-order valence-electron chi connectivity index (χ0n) is 16.1. The Hall–Kier alpha value is -1.82. The van der Waals surface area contributed by atoms with Gasteiger partial charge in [-0.15, -0.1) is 0 Å². The largest absolute Gasteiger partial charge is 0.0992 e. The van der Waals surface area contributed by atoms with Gasteiger partial charge in [0.2, 0.25) is 0 Å². The third kappa shape index (κ3) is 4.60. The number of hydrogen-bond donors (Lipinski definition) is 0. The molecule has 1 unspecified atom stereocenters. The number of benzene rings is 2. The molecule has 0 heteroatoms. The van der Waals surface area contributed by atoms with Crippen molar-refractivity contribution in [3.63, 3.8) is 0 Å². The van der Waals surface area contributed by atoms with Crippen LogP contribution in [-0.4, -0.2) is 0 Å². The average Bonchev–Trinajstić information content (AvgIpc) is 2.55. The van der Waals surface area contributed by atoms with Gasteiger partial charge < -0.3 is 0 Å². The summed E-state index contributed by atoms with van der Waals surface area (Å²) >= 11 is 0. The summed E-state index contributed by atoms with van der Waals surface area (Å²) < 4.78 is 0. The van der Waals surface area contributed by atoms with E-state index in [9.17, 15) is 0 Å². The SMILES string of the molecule is C=C(CCCc1ccc(C)c(C)c1)C(CC)c1ccc(C)c(C)c1. The lowest BCUT2D eigenvalue weighted by molar-refractivity contribution is 0.689. The van der Waals surface area contributed by atoms with E-state index in [-0.39, 0.29) is 0 Å². The van der Waals surface area contributed by atoms with Crippen molar-refractivity contribution in [1.82, 2.24) is 0 Å². The van der Waals surface area contributed by atoms with Crippen LogP contribution in [0.25, 0.3) is 0 Å². The molecule has 0 saturated heterocycles. The molecule has 0 heterocycles. The smallest absolute Gasteiger partial charge is 0.00429 e.